The van der Waals surface area contributed by atoms with Crippen molar-refractivity contribution in [2.24, 2.45) is 0 Å². The zero-order chi connectivity index (χ0) is 19.2. The summed E-state index contributed by atoms with van der Waals surface area (Å²) in [4.78, 5) is 30.6. The molecular weight excluding hydrogens is 353 g/mol. The van der Waals surface area contributed by atoms with E-state index in [4.69, 9.17) is 4.52 Å². The second kappa shape index (κ2) is 8.26. The van der Waals surface area contributed by atoms with E-state index in [0.717, 1.165) is 5.69 Å². The van der Waals surface area contributed by atoms with Crippen molar-refractivity contribution in [3.05, 3.63) is 60.1 Å². The van der Waals surface area contributed by atoms with E-state index in [1.165, 1.54) is 25.4 Å². The van der Waals surface area contributed by atoms with Gasteiger partial charge in [0, 0.05) is 36.9 Å². The van der Waals surface area contributed by atoms with E-state index < -0.39 is 6.04 Å². The highest BCUT2D eigenvalue weighted by molar-refractivity contribution is 5.87. The molecule has 0 bridgehead atoms. The lowest BCUT2D eigenvalue weighted by molar-refractivity contribution is -0.128. The van der Waals surface area contributed by atoms with Crippen LogP contribution in [0.4, 0.5) is 4.39 Å². The van der Waals surface area contributed by atoms with Crippen molar-refractivity contribution in [3.8, 4) is 11.3 Å². The molecule has 140 valence electrons. The van der Waals surface area contributed by atoms with Crippen LogP contribution in [-0.2, 0) is 22.6 Å². The van der Waals surface area contributed by atoms with Crippen LogP contribution in [0.1, 0.15) is 18.4 Å². The monoisotopic (exact) mass is 371 g/mol. The lowest BCUT2D eigenvalue weighted by Gasteiger charge is -2.16. The number of carbonyl (C=O) groups excluding carboxylic acids is 2. The summed E-state index contributed by atoms with van der Waals surface area (Å²) in [5, 5.41) is 9.19. The third kappa shape index (κ3) is 5.00. The molecular formula is C18H18FN5O3. The standard InChI is InChI=1S/C18H18FN5O3/c1-11(25)23-17(6-14-8-20-10-22-14)18(26)21-9-15-7-16(24-27-15)12-3-2-4-13(19)5-12/h2-5,7-8,10,17H,6,9H2,1H3,(H,20,22)(H,21,26)(H,23,25)/t17-/m0/s1. The van der Waals surface area contributed by atoms with Gasteiger partial charge in [0.15, 0.2) is 5.76 Å². The Balaban J connectivity index is 1.62. The summed E-state index contributed by atoms with van der Waals surface area (Å²) in [5.41, 5.74) is 1.76. The minimum Gasteiger partial charge on any atom is -0.359 e. The van der Waals surface area contributed by atoms with Crippen LogP contribution in [0, 0.1) is 5.82 Å². The zero-order valence-corrected chi connectivity index (χ0v) is 14.5. The number of aromatic amines is 1. The molecule has 1 atom stereocenters. The maximum Gasteiger partial charge on any atom is 0.243 e. The van der Waals surface area contributed by atoms with Crippen molar-refractivity contribution in [2.45, 2.75) is 25.9 Å². The van der Waals surface area contributed by atoms with E-state index in [1.807, 2.05) is 0 Å². The Hall–Kier alpha value is -3.49. The van der Waals surface area contributed by atoms with Crippen molar-refractivity contribution < 1.29 is 18.5 Å². The normalized spacial score (nSPS) is 11.8. The molecule has 0 fully saturated rings. The molecule has 27 heavy (non-hydrogen) atoms. The van der Waals surface area contributed by atoms with Gasteiger partial charge in [0.1, 0.15) is 17.6 Å². The van der Waals surface area contributed by atoms with Gasteiger partial charge in [0.2, 0.25) is 11.8 Å². The molecule has 3 rings (SSSR count). The molecule has 3 N–H and O–H groups in total. The van der Waals surface area contributed by atoms with Gasteiger partial charge in [-0.1, -0.05) is 17.3 Å². The predicted molar refractivity (Wildman–Crippen MR) is 93.6 cm³/mol. The van der Waals surface area contributed by atoms with Crippen LogP contribution in [0.25, 0.3) is 11.3 Å². The molecule has 1 aromatic carbocycles. The van der Waals surface area contributed by atoms with E-state index in [9.17, 15) is 14.0 Å². The number of hydrogen-bond donors (Lipinski definition) is 3. The first-order valence-electron chi connectivity index (χ1n) is 8.25. The average Bonchev–Trinajstić information content (AvgIpc) is 3.30. The number of halogens is 1. The molecule has 8 nitrogen and oxygen atoms in total. The fourth-order valence-electron chi connectivity index (χ4n) is 2.55. The first kappa shape index (κ1) is 18.3. The third-order valence-corrected chi connectivity index (χ3v) is 3.79. The number of aromatic nitrogens is 3. The molecule has 0 saturated carbocycles. The molecule has 2 heterocycles. The minimum atomic E-state index is -0.756. The summed E-state index contributed by atoms with van der Waals surface area (Å²) in [6, 6.07) is 6.84. The summed E-state index contributed by atoms with van der Waals surface area (Å²) in [6.07, 6.45) is 3.36. The molecule has 9 heteroatoms. The van der Waals surface area contributed by atoms with E-state index in [2.05, 4.69) is 25.8 Å². The van der Waals surface area contributed by atoms with Crippen LogP contribution in [0.15, 0.2) is 47.4 Å². The molecule has 0 aliphatic carbocycles. The topological polar surface area (TPSA) is 113 Å². The quantitative estimate of drug-likeness (QED) is 0.583. The fraction of sp³-hybridized carbons (Fsp3) is 0.222. The van der Waals surface area contributed by atoms with E-state index in [1.54, 1.807) is 24.4 Å². The SMILES string of the molecule is CC(=O)N[C@@H](Cc1cnc[nH]1)C(=O)NCc1cc(-c2cccc(F)c2)no1. The predicted octanol–water partition coefficient (Wildman–Crippen LogP) is 1.57. The lowest BCUT2D eigenvalue weighted by atomic mass is 10.1. The van der Waals surface area contributed by atoms with Crippen molar-refractivity contribution in [1.29, 1.82) is 0 Å². The van der Waals surface area contributed by atoms with Crippen LogP contribution >= 0.6 is 0 Å². The van der Waals surface area contributed by atoms with Crippen molar-refractivity contribution >= 4 is 11.8 Å². The van der Waals surface area contributed by atoms with Gasteiger partial charge >= 0.3 is 0 Å². The molecule has 0 saturated heterocycles. The van der Waals surface area contributed by atoms with Gasteiger partial charge in [-0.2, -0.15) is 0 Å². The first-order valence-corrected chi connectivity index (χ1v) is 8.25. The van der Waals surface area contributed by atoms with Gasteiger partial charge in [0.25, 0.3) is 0 Å². The van der Waals surface area contributed by atoms with E-state index in [0.29, 0.717) is 17.0 Å². The van der Waals surface area contributed by atoms with Crippen LogP contribution in [0.5, 0.6) is 0 Å². The number of nitrogens with one attached hydrogen (secondary N) is 3. The van der Waals surface area contributed by atoms with Crippen molar-refractivity contribution in [1.82, 2.24) is 25.8 Å². The Kier molecular flexibility index (Phi) is 5.60. The van der Waals surface area contributed by atoms with Gasteiger partial charge in [-0.3, -0.25) is 9.59 Å². The van der Waals surface area contributed by atoms with Crippen molar-refractivity contribution in [2.75, 3.05) is 0 Å². The smallest absolute Gasteiger partial charge is 0.243 e. The number of nitrogens with zero attached hydrogens (tertiary/aromatic N) is 2. The maximum absolute atomic E-state index is 13.3. The number of amides is 2. The second-order valence-corrected chi connectivity index (χ2v) is 5.94. The molecule has 0 spiro atoms. The molecule has 0 unspecified atom stereocenters. The fourth-order valence-corrected chi connectivity index (χ4v) is 2.55. The Morgan fingerprint density at radius 3 is 2.89 bits per heavy atom. The highest BCUT2D eigenvalue weighted by Crippen LogP contribution is 2.19. The van der Waals surface area contributed by atoms with Crippen LogP contribution in [0.3, 0.4) is 0 Å². The molecule has 0 aliphatic heterocycles. The molecule has 0 radical (unpaired) electrons. The summed E-state index contributed by atoms with van der Waals surface area (Å²) in [7, 11) is 0. The summed E-state index contributed by atoms with van der Waals surface area (Å²) >= 11 is 0. The number of rotatable bonds is 7. The number of H-pyrrole nitrogens is 1. The van der Waals surface area contributed by atoms with E-state index >= 15 is 0 Å². The summed E-state index contributed by atoms with van der Waals surface area (Å²) < 4.78 is 18.5. The molecule has 2 aromatic heterocycles. The van der Waals surface area contributed by atoms with Gasteiger partial charge in [-0.25, -0.2) is 9.37 Å². The summed E-state index contributed by atoms with van der Waals surface area (Å²) in [6.45, 7) is 1.43. The molecule has 3 aromatic rings. The Morgan fingerprint density at radius 2 is 2.19 bits per heavy atom. The highest BCUT2D eigenvalue weighted by Gasteiger charge is 2.21. The summed E-state index contributed by atoms with van der Waals surface area (Å²) in [5.74, 6) is -0.653. The Morgan fingerprint density at radius 1 is 1.33 bits per heavy atom. The third-order valence-electron chi connectivity index (χ3n) is 3.79. The van der Waals surface area contributed by atoms with Crippen LogP contribution in [-0.4, -0.2) is 33.0 Å². The van der Waals surface area contributed by atoms with Crippen molar-refractivity contribution in [3.63, 3.8) is 0 Å². The van der Waals surface area contributed by atoms with Gasteiger partial charge in [-0.05, 0) is 12.1 Å². The number of imidazole rings is 1. The number of carbonyl (C=O) groups is 2. The molecule has 2 amide bonds. The minimum absolute atomic E-state index is 0.0835. The van der Waals surface area contributed by atoms with Gasteiger partial charge < -0.3 is 20.1 Å². The Bertz CT molecular complexity index is 923. The van der Waals surface area contributed by atoms with Crippen LogP contribution in [0.2, 0.25) is 0 Å². The van der Waals surface area contributed by atoms with Gasteiger partial charge in [-0.15, -0.1) is 0 Å². The number of benzene rings is 1. The highest BCUT2D eigenvalue weighted by atomic mass is 19.1. The zero-order valence-electron chi connectivity index (χ0n) is 14.5. The lowest BCUT2D eigenvalue weighted by Crippen LogP contribution is -2.47. The maximum atomic E-state index is 13.3. The van der Waals surface area contributed by atoms with Crippen LogP contribution < -0.4 is 10.6 Å². The van der Waals surface area contributed by atoms with E-state index in [-0.39, 0.29) is 30.6 Å². The average molecular weight is 371 g/mol. The largest absolute Gasteiger partial charge is 0.359 e. The first-order chi connectivity index (χ1) is 13.0. The van der Waals surface area contributed by atoms with Gasteiger partial charge in [0.05, 0.1) is 12.9 Å². The molecule has 0 aliphatic rings. The second-order valence-electron chi connectivity index (χ2n) is 5.94. The Labute approximate surface area is 154 Å². The number of hydrogen-bond acceptors (Lipinski definition) is 5.